The minimum absolute atomic E-state index is 0.0149. The molecule has 3 rings (SSSR count). The molecule has 1 aliphatic heterocycles. The van der Waals surface area contributed by atoms with Crippen molar-refractivity contribution in [2.24, 2.45) is 5.92 Å². The third-order valence-corrected chi connectivity index (χ3v) is 4.76. The summed E-state index contributed by atoms with van der Waals surface area (Å²) in [5, 5.41) is 13.3. The van der Waals surface area contributed by atoms with Gasteiger partial charge in [-0.3, -0.25) is 4.79 Å². The topological polar surface area (TPSA) is 40.1 Å². The van der Waals surface area contributed by atoms with Crippen LogP contribution in [0, 0.1) is 10.4 Å². The summed E-state index contributed by atoms with van der Waals surface area (Å²) >= 11 is 3.29. The molecule has 0 N–H and O–H groups in total. The van der Waals surface area contributed by atoms with E-state index >= 15 is 0 Å². The van der Waals surface area contributed by atoms with Gasteiger partial charge in [0.15, 0.2) is 17.1 Å². The number of carbonyl (C=O) groups is 1. The first-order chi connectivity index (χ1) is 6.75. The lowest BCUT2D eigenvalue weighted by atomic mass is 9.87. The molecular formula is C10H6O2S2. The van der Waals surface area contributed by atoms with Crippen molar-refractivity contribution in [2.45, 2.75) is 5.25 Å². The van der Waals surface area contributed by atoms with Gasteiger partial charge in [-0.1, -0.05) is 0 Å². The second-order valence-electron chi connectivity index (χ2n) is 3.32. The highest BCUT2D eigenvalue weighted by atomic mass is 32.1. The summed E-state index contributed by atoms with van der Waals surface area (Å²) in [5.41, 5.74) is 0. The van der Waals surface area contributed by atoms with E-state index in [1.165, 1.54) is 15.1 Å². The number of hydrogen-bond donors (Lipinski definition) is 0. The molecule has 2 aliphatic rings. The molecule has 0 saturated carbocycles. The maximum absolute atomic E-state index is 11.2. The SMILES string of the molecule is O=C1C=C([O-])C1C1C=c2sccc2=[S+]1. The zero-order valence-corrected chi connectivity index (χ0v) is 8.73. The van der Waals surface area contributed by atoms with Gasteiger partial charge in [-0.05, 0) is 11.5 Å². The second kappa shape index (κ2) is 2.74. The molecule has 1 aromatic rings. The lowest BCUT2D eigenvalue weighted by molar-refractivity contribution is -0.316. The largest absolute Gasteiger partial charge is 0.875 e. The van der Waals surface area contributed by atoms with Gasteiger partial charge in [-0.25, -0.2) is 0 Å². The maximum atomic E-state index is 11.2. The van der Waals surface area contributed by atoms with E-state index in [0.717, 1.165) is 0 Å². The van der Waals surface area contributed by atoms with Gasteiger partial charge >= 0.3 is 0 Å². The van der Waals surface area contributed by atoms with Crippen molar-refractivity contribution < 1.29 is 9.90 Å². The summed E-state index contributed by atoms with van der Waals surface area (Å²) in [4.78, 5) is 11.2. The standard InChI is InChI=1S/C10H6O2S2/c11-5-3-6(12)10(5)9-4-8-7(14-9)1-2-13-8/h1-4,9-10H. The fourth-order valence-electron chi connectivity index (χ4n) is 1.71. The van der Waals surface area contributed by atoms with Crippen molar-refractivity contribution in [3.05, 3.63) is 32.3 Å². The van der Waals surface area contributed by atoms with Crippen LogP contribution in [0.4, 0.5) is 0 Å². The van der Waals surface area contributed by atoms with E-state index in [0.29, 0.717) is 0 Å². The third kappa shape index (κ3) is 1.01. The lowest BCUT2D eigenvalue weighted by Gasteiger charge is -2.28. The molecule has 70 valence electrons. The second-order valence-corrected chi connectivity index (χ2v) is 5.49. The van der Waals surface area contributed by atoms with Crippen LogP contribution in [0.5, 0.6) is 0 Å². The molecule has 2 nitrogen and oxygen atoms in total. The quantitative estimate of drug-likeness (QED) is 0.483. The smallest absolute Gasteiger partial charge is 0.242 e. The first-order valence-electron chi connectivity index (χ1n) is 4.27. The molecule has 4 heteroatoms. The van der Waals surface area contributed by atoms with Crippen LogP contribution in [-0.4, -0.2) is 11.0 Å². The molecule has 2 heterocycles. The molecule has 2 unspecified atom stereocenters. The minimum atomic E-state index is -0.403. The van der Waals surface area contributed by atoms with Crippen LogP contribution >= 0.6 is 11.3 Å². The van der Waals surface area contributed by atoms with Crippen LogP contribution in [0.25, 0.3) is 6.08 Å². The summed E-state index contributed by atoms with van der Waals surface area (Å²) in [6.45, 7) is 0. The molecule has 1 aromatic heterocycles. The third-order valence-electron chi connectivity index (χ3n) is 2.46. The fourth-order valence-corrected chi connectivity index (χ4v) is 4.16. The Labute approximate surface area is 88.2 Å². The number of carbonyl (C=O) groups excluding carboxylic acids is 1. The van der Waals surface area contributed by atoms with Crippen LogP contribution in [-0.2, 0) is 16.1 Å². The molecule has 0 fully saturated rings. The lowest BCUT2D eigenvalue weighted by Crippen LogP contribution is -2.39. The Balaban J connectivity index is 2.02. The first-order valence-corrected chi connectivity index (χ1v) is 6.03. The van der Waals surface area contributed by atoms with E-state index in [9.17, 15) is 9.90 Å². The van der Waals surface area contributed by atoms with Gasteiger partial charge in [-0.15, -0.1) is 17.1 Å². The highest BCUT2D eigenvalue weighted by Gasteiger charge is 2.39. The molecular weight excluding hydrogens is 216 g/mol. The molecule has 0 amide bonds. The number of ketones is 1. The predicted molar refractivity (Wildman–Crippen MR) is 55.0 cm³/mol. The van der Waals surface area contributed by atoms with Crippen LogP contribution in [0.3, 0.4) is 0 Å². The van der Waals surface area contributed by atoms with E-state index in [-0.39, 0.29) is 16.8 Å². The number of fused-ring (bicyclic) bond motifs is 1. The zero-order valence-electron chi connectivity index (χ0n) is 7.10. The van der Waals surface area contributed by atoms with Gasteiger partial charge in [0.25, 0.3) is 0 Å². The molecule has 0 saturated heterocycles. The summed E-state index contributed by atoms with van der Waals surface area (Å²) < 4.78 is 2.40. The number of rotatable bonds is 1. The Kier molecular flexibility index (Phi) is 1.63. The van der Waals surface area contributed by atoms with Gasteiger partial charge in [-0.2, -0.15) is 0 Å². The van der Waals surface area contributed by atoms with Crippen molar-refractivity contribution in [3.63, 3.8) is 0 Å². The molecule has 14 heavy (non-hydrogen) atoms. The Bertz CT molecular complexity index is 522. The van der Waals surface area contributed by atoms with Crippen LogP contribution in [0.15, 0.2) is 23.3 Å². The van der Waals surface area contributed by atoms with Crippen molar-refractivity contribution in [1.82, 2.24) is 0 Å². The predicted octanol–water partition coefficient (Wildman–Crippen LogP) is -0.313. The Morgan fingerprint density at radius 1 is 1.50 bits per heavy atom. The average Bonchev–Trinajstić information content (AvgIpc) is 2.63. The highest BCUT2D eigenvalue weighted by Crippen LogP contribution is 2.26. The number of thiophene rings is 1. The van der Waals surface area contributed by atoms with E-state index in [1.54, 1.807) is 22.7 Å². The Hall–Kier alpha value is -1.00. The average molecular weight is 222 g/mol. The van der Waals surface area contributed by atoms with Gasteiger partial charge in [0.2, 0.25) is 9.76 Å². The zero-order chi connectivity index (χ0) is 9.71. The molecule has 0 spiro atoms. The maximum Gasteiger partial charge on any atom is 0.242 e. The molecule has 2 atom stereocenters. The van der Waals surface area contributed by atoms with Crippen LogP contribution in [0.1, 0.15) is 0 Å². The van der Waals surface area contributed by atoms with Crippen molar-refractivity contribution in [3.8, 4) is 0 Å². The molecule has 0 radical (unpaired) electrons. The van der Waals surface area contributed by atoms with Crippen LogP contribution in [0.2, 0.25) is 0 Å². The van der Waals surface area contributed by atoms with Crippen LogP contribution < -0.4 is 9.64 Å². The van der Waals surface area contributed by atoms with Gasteiger partial charge < -0.3 is 5.11 Å². The number of allylic oxidation sites excluding steroid dienone is 2. The molecule has 0 aromatic carbocycles. The van der Waals surface area contributed by atoms with E-state index in [1.807, 2.05) is 17.5 Å². The summed E-state index contributed by atoms with van der Waals surface area (Å²) in [6.07, 6.45) is 3.24. The van der Waals surface area contributed by atoms with Gasteiger partial charge in [0.1, 0.15) is 0 Å². The first kappa shape index (κ1) is 8.32. The normalized spacial score (nSPS) is 28.6. The monoisotopic (exact) mass is 222 g/mol. The summed E-state index contributed by atoms with van der Waals surface area (Å²) in [7, 11) is 0. The van der Waals surface area contributed by atoms with E-state index in [4.69, 9.17) is 0 Å². The number of hydrogen-bond acceptors (Lipinski definition) is 3. The fraction of sp³-hybridized carbons (Fsp3) is 0.200. The van der Waals surface area contributed by atoms with Gasteiger partial charge in [0, 0.05) is 12.1 Å². The Morgan fingerprint density at radius 2 is 2.36 bits per heavy atom. The van der Waals surface area contributed by atoms with Crippen molar-refractivity contribution in [1.29, 1.82) is 0 Å². The van der Waals surface area contributed by atoms with Gasteiger partial charge in [0.05, 0.1) is 10.5 Å². The Morgan fingerprint density at radius 3 is 3.00 bits per heavy atom. The molecule has 1 aliphatic carbocycles. The highest BCUT2D eigenvalue weighted by molar-refractivity contribution is 7.72. The van der Waals surface area contributed by atoms with Crippen molar-refractivity contribution in [2.75, 3.05) is 0 Å². The van der Waals surface area contributed by atoms with E-state index < -0.39 is 5.92 Å². The van der Waals surface area contributed by atoms with Crippen molar-refractivity contribution >= 4 is 34.5 Å². The minimum Gasteiger partial charge on any atom is -0.875 e. The summed E-state index contributed by atoms with van der Waals surface area (Å²) in [5.74, 6) is -0.433. The summed E-state index contributed by atoms with van der Waals surface area (Å²) in [6, 6.07) is 2.04. The molecule has 0 bridgehead atoms. The van der Waals surface area contributed by atoms with E-state index in [2.05, 4.69) is 0 Å².